The largest absolute Gasteiger partial charge is 0.284 e. The Morgan fingerprint density at radius 2 is 1.75 bits per heavy atom. The molecule has 20 heavy (non-hydrogen) atoms. The molecule has 114 valence electrons. The molecule has 1 rings (SSSR count). The summed E-state index contributed by atoms with van der Waals surface area (Å²) < 4.78 is 51.2. The molecule has 0 radical (unpaired) electrons. The normalized spacial score (nSPS) is 12.7. The maximum Gasteiger partial charge on any atom is 0.242 e. The molecule has 0 saturated carbocycles. The molecule has 0 aromatic heterocycles. The van der Waals surface area contributed by atoms with E-state index in [4.69, 9.17) is 0 Å². The van der Waals surface area contributed by atoms with Gasteiger partial charge in [0.2, 0.25) is 20.0 Å². The highest BCUT2D eigenvalue weighted by Gasteiger charge is 2.20. The van der Waals surface area contributed by atoms with Gasteiger partial charge in [-0.3, -0.25) is 4.72 Å². The quantitative estimate of drug-likeness (QED) is 0.858. The first-order valence-corrected chi connectivity index (χ1v) is 9.23. The summed E-state index contributed by atoms with van der Waals surface area (Å²) in [6.07, 6.45) is 0.490. The lowest BCUT2D eigenvalue weighted by Crippen LogP contribution is -2.23. The van der Waals surface area contributed by atoms with Gasteiger partial charge in [-0.2, -0.15) is 0 Å². The van der Waals surface area contributed by atoms with Crippen LogP contribution in [0.1, 0.15) is 18.9 Å². The number of anilines is 1. The minimum atomic E-state index is -3.60. The van der Waals surface area contributed by atoms with Crippen LogP contribution in [0, 0.1) is 6.92 Å². The summed E-state index contributed by atoms with van der Waals surface area (Å²) in [5, 5.41) is 0. The molecule has 1 N–H and O–H groups in total. The molecule has 0 unspecified atom stereocenters. The van der Waals surface area contributed by atoms with Gasteiger partial charge in [-0.1, -0.05) is 13.0 Å². The Balaban J connectivity index is 3.23. The SMILES string of the molecule is CCCS(=O)(=O)Nc1ccc(C)c(S(=O)(=O)N(C)C)c1. The van der Waals surface area contributed by atoms with Crippen LogP contribution in [0.15, 0.2) is 23.1 Å². The van der Waals surface area contributed by atoms with Crippen molar-refractivity contribution >= 4 is 25.7 Å². The Labute approximate surface area is 120 Å². The summed E-state index contributed by atoms with van der Waals surface area (Å²) in [4.78, 5) is 0.0965. The third-order valence-electron chi connectivity index (χ3n) is 2.69. The van der Waals surface area contributed by atoms with E-state index in [1.54, 1.807) is 26.0 Å². The van der Waals surface area contributed by atoms with Gasteiger partial charge in [0.25, 0.3) is 0 Å². The van der Waals surface area contributed by atoms with E-state index in [9.17, 15) is 16.8 Å². The van der Waals surface area contributed by atoms with Crippen LogP contribution in [-0.4, -0.2) is 41.0 Å². The lowest BCUT2D eigenvalue weighted by Gasteiger charge is -2.15. The fourth-order valence-electron chi connectivity index (χ4n) is 1.64. The van der Waals surface area contributed by atoms with Crippen molar-refractivity contribution in [3.05, 3.63) is 23.8 Å². The standard InChI is InChI=1S/C12H20N2O4S2/c1-5-8-19(15,16)13-11-7-6-10(2)12(9-11)20(17,18)14(3)4/h6-7,9,13H,5,8H2,1-4H3. The number of hydrogen-bond acceptors (Lipinski definition) is 4. The Morgan fingerprint density at radius 1 is 1.15 bits per heavy atom. The zero-order valence-electron chi connectivity index (χ0n) is 12.0. The van der Waals surface area contributed by atoms with Crippen LogP contribution in [-0.2, 0) is 20.0 Å². The third kappa shape index (κ3) is 3.94. The Kier molecular flexibility index (Phi) is 5.17. The molecule has 0 saturated heterocycles. The minimum Gasteiger partial charge on any atom is -0.284 e. The van der Waals surface area contributed by atoms with E-state index in [1.165, 1.54) is 20.2 Å². The molecule has 8 heteroatoms. The molecular weight excluding hydrogens is 300 g/mol. The molecule has 6 nitrogen and oxygen atoms in total. The van der Waals surface area contributed by atoms with Crippen LogP contribution < -0.4 is 4.72 Å². The maximum atomic E-state index is 12.1. The average molecular weight is 320 g/mol. The summed E-state index contributed by atoms with van der Waals surface area (Å²) in [5.41, 5.74) is 0.821. The number of nitrogens with one attached hydrogen (secondary N) is 1. The van der Waals surface area contributed by atoms with Crippen LogP contribution in [0.2, 0.25) is 0 Å². The lowest BCUT2D eigenvalue weighted by atomic mass is 10.2. The highest BCUT2D eigenvalue weighted by atomic mass is 32.2. The van der Waals surface area contributed by atoms with Crippen LogP contribution in [0.3, 0.4) is 0 Å². The first-order valence-electron chi connectivity index (χ1n) is 6.14. The molecule has 0 aliphatic carbocycles. The van der Waals surface area contributed by atoms with Crippen molar-refractivity contribution in [2.75, 3.05) is 24.6 Å². The lowest BCUT2D eigenvalue weighted by molar-refractivity contribution is 0.520. The van der Waals surface area contributed by atoms with Gasteiger partial charge in [0, 0.05) is 19.8 Å². The second kappa shape index (κ2) is 6.11. The van der Waals surface area contributed by atoms with Gasteiger partial charge in [-0.15, -0.1) is 0 Å². The van der Waals surface area contributed by atoms with Gasteiger partial charge in [-0.05, 0) is 31.0 Å². The number of sulfonamides is 2. The smallest absolute Gasteiger partial charge is 0.242 e. The zero-order chi connectivity index (χ0) is 15.6. The van der Waals surface area contributed by atoms with Gasteiger partial charge in [0.15, 0.2) is 0 Å². The summed E-state index contributed by atoms with van der Waals surface area (Å²) >= 11 is 0. The van der Waals surface area contributed by atoms with Crippen molar-refractivity contribution in [3.63, 3.8) is 0 Å². The van der Waals surface area contributed by atoms with E-state index in [1.807, 2.05) is 0 Å². The number of hydrogen-bond donors (Lipinski definition) is 1. The third-order valence-corrected chi connectivity index (χ3v) is 6.14. The van der Waals surface area contributed by atoms with E-state index in [0.29, 0.717) is 12.0 Å². The van der Waals surface area contributed by atoms with Crippen LogP contribution in [0.4, 0.5) is 5.69 Å². The average Bonchev–Trinajstić information content (AvgIpc) is 2.30. The van der Waals surface area contributed by atoms with E-state index < -0.39 is 20.0 Å². The molecule has 0 aliphatic rings. The Bertz CT molecular complexity index is 679. The molecule has 0 fully saturated rings. The van der Waals surface area contributed by atoms with Crippen molar-refractivity contribution < 1.29 is 16.8 Å². The Hall–Kier alpha value is -1.12. The van der Waals surface area contributed by atoms with Crippen LogP contribution >= 0.6 is 0 Å². The number of rotatable bonds is 6. The van der Waals surface area contributed by atoms with Crippen molar-refractivity contribution in [3.8, 4) is 0 Å². The van der Waals surface area contributed by atoms with Crippen molar-refractivity contribution in [2.24, 2.45) is 0 Å². The number of aryl methyl sites for hydroxylation is 1. The zero-order valence-corrected chi connectivity index (χ0v) is 13.7. The predicted molar refractivity (Wildman–Crippen MR) is 79.8 cm³/mol. The maximum absolute atomic E-state index is 12.1. The molecule has 1 aromatic rings. The molecule has 0 heterocycles. The minimum absolute atomic E-state index is 0.00333. The highest BCUT2D eigenvalue weighted by molar-refractivity contribution is 7.92. The van der Waals surface area contributed by atoms with Gasteiger partial charge in [0.1, 0.15) is 0 Å². The van der Waals surface area contributed by atoms with Gasteiger partial charge < -0.3 is 0 Å². The van der Waals surface area contributed by atoms with Crippen LogP contribution in [0.5, 0.6) is 0 Å². The van der Waals surface area contributed by atoms with Crippen molar-refractivity contribution in [1.29, 1.82) is 0 Å². The molecule has 1 aromatic carbocycles. The summed E-state index contributed by atoms with van der Waals surface area (Å²) in [6.45, 7) is 3.43. The molecule has 0 amide bonds. The molecular formula is C12H20N2O4S2. The van der Waals surface area contributed by atoms with Crippen molar-refractivity contribution in [1.82, 2.24) is 4.31 Å². The molecule has 0 atom stereocenters. The van der Waals surface area contributed by atoms with E-state index in [0.717, 1.165) is 4.31 Å². The van der Waals surface area contributed by atoms with E-state index in [-0.39, 0.29) is 16.3 Å². The first kappa shape index (κ1) is 16.9. The fourth-order valence-corrected chi connectivity index (χ4v) is 3.91. The second-order valence-corrected chi connectivity index (χ2v) is 8.65. The summed E-state index contributed by atoms with van der Waals surface area (Å²) in [7, 11) is -4.17. The van der Waals surface area contributed by atoms with Crippen molar-refractivity contribution in [2.45, 2.75) is 25.2 Å². The molecule has 0 spiro atoms. The van der Waals surface area contributed by atoms with Crippen LogP contribution in [0.25, 0.3) is 0 Å². The fraction of sp³-hybridized carbons (Fsp3) is 0.500. The highest BCUT2D eigenvalue weighted by Crippen LogP contribution is 2.23. The summed E-state index contributed by atoms with van der Waals surface area (Å²) in [5.74, 6) is -0.00333. The second-order valence-electron chi connectivity index (χ2n) is 4.69. The topological polar surface area (TPSA) is 83.5 Å². The number of benzene rings is 1. The molecule has 0 aliphatic heterocycles. The van der Waals surface area contributed by atoms with E-state index >= 15 is 0 Å². The molecule has 0 bridgehead atoms. The van der Waals surface area contributed by atoms with Gasteiger partial charge >= 0.3 is 0 Å². The van der Waals surface area contributed by atoms with E-state index in [2.05, 4.69) is 4.72 Å². The van der Waals surface area contributed by atoms with Gasteiger partial charge in [-0.25, -0.2) is 21.1 Å². The monoisotopic (exact) mass is 320 g/mol. The summed E-state index contributed by atoms with van der Waals surface area (Å²) in [6, 6.07) is 4.48. The number of nitrogens with zero attached hydrogens (tertiary/aromatic N) is 1. The Morgan fingerprint density at radius 3 is 2.25 bits per heavy atom. The van der Waals surface area contributed by atoms with Gasteiger partial charge in [0.05, 0.1) is 10.6 Å². The predicted octanol–water partition coefficient (Wildman–Crippen LogP) is 1.40. The first-order chi connectivity index (χ1) is 9.10.